The first kappa shape index (κ1) is 40.1. The van der Waals surface area contributed by atoms with Gasteiger partial charge in [0.25, 0.3) is 0 Å². The van der Waals surface area contributed by atoms with Crippen molar-refractivity contribution in [2.45, 2.75) is 0 Å². The quantitative estimate of drug-likeness (QED) is 0.143. The van der Waals surface area contributed by atoms with Crippen molar-refractivity contribution < 1.29 is 0 Å². The van der Waals surface area contributed by atoms with E-state index >= 15 is 0 Å². The zero-order chi connectivity index (χ0) is 45.7. The van der Waals surface area contributed by atoms with E-state index in [2.05, 4.69) is 287 Å². The van der Waals surface area contributed by atoms with E-state index in [1.807, 2.05) is 0 Å². The largest absolute Gasteiger partial charge is 0.310 e. The maximum Gasteiger partial charge on any atom is 0.0542 e. The van der Waals surface area contributed by atoms with Crippen LogP contribution in [0.4, 0.5) is 34.1 Å². The zero-order valence-electron chi connectivity index (χ0n) is 37.8. The average molecular weight is 880 g/mol. The summed E-state index contributed by atoms with van der Waals surface area (Å²) in [6.07, 6.45) is 0. The molecule has 1 heterocycles. The van der Waals surface area contributed by atoms with Gasteiger partial charge in [-0.3, -0.25) is 0 Å². The van der Waals surface area contributed by atoms with Crippen LogP contribution in [0.25, 0.3) is 82.1 Å². The molecule has 0 aliphatic heterocycles. The number of benzene rings is 12. The lowest BCUT2D eigenvalue weighted by Crippen LogP contribution is -2.11. The van der Waals surface area contributed by atoms with E-state index in [0.29, 0.717) is 0 Å². The fraction of sp³-hybridized carbons (Fsp3) is 0. The third-order valence-electron chi connectivity index (χ3n) is 13.7. The standard InChI is InChI=1S/C66H45N3/c1-3-16-46(17-4-1)48-30-35-53(36-31-48)67(56-40-42-66-62(45-56)61-27-13-14-28-64(61)68(66)52-22-5-2-6-23-52)54-37-33-50(34-38-54)57-41-43-65(60-26-12-11-25-59(57)60)69(55-39-32-47-18-7-8-20-51(47)44-55)63-29-15-21-49-19-9-10-24-58(49)63/h1-45H. The Hall–Kier alpha value is -9.18. The molecule has 0 amide bonds. The Labute approximate surface area is 401 Å². The van der Waals surface area contributed by atoms with Gasteiger partial charge in [0.2, 0.25) is 0 Å². The minimum Gasteiger partial charge on any atom is -0.310 e. The second-order valence-electron chi connectivity index (χ2n) is 17.7. The first-order chi connectivity index (χ1) is 34.2. The van der Waals surface area contributed by atoms with Crippen LogP contribution in [-0.4, -0.2) is 4.57 Å². The molecule has 1 aromatic heterocycles. The van der Waals surface area contributed by atoms with Crippen molar-refractivity contribution in [1.29, 1.82) is 0 Å². The zero-order valence-corrected chi connectivity index (χ0v) is 37.8. The fourth-order valence-corrected chi connectivity index (χ4v) is 10.5. The van der Waals surface area contributed by atoms with Gasteiger partial charge < -0.3 is 14.4 Å². The van der Waals surface area contributed by atoms with Gasteiger partial charge >= 0.3 is 0 Å². The number of fused-ring (bicyclic) bond motifs is 6. The minimum atomic E-state index is 1.08. The van der Waals surface area contributed by atoms with E-state index in [1.54, 1.807) is 0 Å². The predicted octanol–water partition coefficient (Wildman–Crippen LogP) is 18.5. The lowest BCUT2D eigenvalue weighted by atomic mass is 9.95. The Bertz CT molecular complexity index is 4000. The van der Waals surface area contributed by atoms with Crippen LogP contribution in [0.5, 0.6) is 0 Å². The highest BCUT2D eigenvalue weighted by Gasteiger charge is 2.21. The van der Waals surface area contributed by atoms with Crippen LogP contribution in [0.3, 0.4) is 0 Å². The van der Waals surface area contributed by atoms with Crippen molar-refractivity contribution >= 4 is 88.2 Å². The molecule has 0 radical (unpaired) electrons. The number of anilines is 6. The summed E-state index contributed by atoms with van der Waals surface area (Å²) >= 11 is 0. The van der Waals surface area contributed by atoms with Crippen molar-refractivity contribution in [2.24, 2.45) is 0 Å². The highest BCUT2D eigenvalue weighted by molar-refractivity contribution is 6.12. The predicted molar refractivity (Wildman–Crippen MR) is 294 cm³/mol. The number of hydrogen-bond donors (Lipinski definition) is 0. The van der Waals surface area contributed by atoms with Gasteiger partial charge in [-0.1, -0.05) is 188 Å². The van der Waals surface area contributed by atoms with E-state index in [1.165, 1.54) is 70.8 Å². The molecule has 0 saturated carbocycles. The third-order valence-corrected chi connectivity index (χ3v) is 13.7. The Kier molecular flexibility index (Phi) is 9.84. The van der Waals surface area contributed by atoms with Gasteiger partial charge in [0.1, 0.15) is 0 Å². The molecule has 0 atom stereocenters. The van der Waals surface area contributed by atoms with Gasteiger partial charge in [0.05, 0.1) is 22.4 Å². The summed E-state index contributed by atoms with van der Waals surface area (Å²) in [7, 11) is 0. The molecule has 3 heteroatoms. The molecule has 0 spiro atoms. The molecule has 0 aliphatic carbocycles. The monoisotopic (exact) mass is 879 g/mol. The van der Waals surface area contributed by atoms with Gasteiger partial charge in [-0.15, -0.1) is 0 Å². The van der Waals surface area contributed by atoms with E-state index < -0.39 is 0 Å². The molecule has 0 saturated heterocycles. The molecular formula is C66H45N3. The highest BCUT2D eigenvalue weighted by atomic mass is 15.2. The average Bonchev–Trinajstić information content (AvgIpc) is 3.76. The molecule has 13 aromatic rings. The van der Waals surface area contributed by atoms with Gasteiger partial charge in [-0.2, -0.15) is 0 Å². The van der Waals surface area contributed by atoms with Crippen LogP contribution in [0.2, 0.25) is 0 Å². The molecule has 0 unspecified atom stereocenters. The Morgan fingerprint density at radius 3 is 1.54 bits per heavy atom. The topological polar surface area (TPSA) is 11.4 Å². The molecule has 0 fully saturated rings. The normalized spacial score (nSPS) is 11.5. The number of hydrogen-bond acceptors (Lipinski definition) is 2. The second kappa shape index (κ2) is 16.9. The molecule has 13 rings (SSSR count). The molecule has 3 nitrogen and oxygen atoms in total. The number of rotatable bonds is 9. The van der Waals surface area contributed by atoms with Crippen LogP contribution in [0, 0.1) is 0 Å². The van der Waals surface area contributed by atoms with Crippen molar-refractivity contribution in [3.63, 3.8) is 0 Å². The van der Waals surface area contributed by atoms with Gasteiger partial charge in [0.15, 0.2) is 0 Å². The second-order valence-corrected chi connectivity index (χ2v) is 17.7. The molecule has 12 aromatic carbocycles. The molecule has 0 bridgehead atoms. The van der Waals surface area contributed by atoms with E-state index in [0.717, 1.165) is 45.4 Å². The van der Waals surface area contributed by atoms with E-state index in [-0.39, 0.29) is 0 Å². The maximum atomic E-state index is 2.44. The van der Waals surface area contributed by atoms with Crippen molar-refractivity contribution in [1.82, 2.24) is 4.57 Å². The number of para-hydroxylation sites is 2. The van der Waals surface area contributed by atoms with Gasteiger partial charge in [-0.25, -0.2) is 0 Å². The lowest BCUT2D eigenvalue weighted by molar-refractivity contribution is 1.18. The van der Waals surface area contributed by atoms with Crippen molar-refractivity contribution in [2.75, 3.05) is 9.80 Å². The molecule has 0 aliphatic rings. The summed E-state index contributed by atoms with van der Waals surface area (Å²) in [5, 5.41) is 9.66. The first-order valence-corrected chi connectivity index (χ1v) is 23.7. The lowest BCUT2D eigenvalue weighted by Gasteiger charge is -2.29. The van der Waals surface area contributed by atoms with Crippen molar-refractivity contribution in [3.8, 4) is 27.9 Å². The van der Waals surface area contributed by atoms with Gasteiger partial charge in [-0.05, 0) is 129 Å². The van der Waals surface area contributed by atoms with Crippen LogP contribution in [-0.2, 0) is 0 Å². The summed E-state index contributed by atoms with van der Waals surface area (Å²) in [6.45, 7) is 0. The molecule has 324 valence electrons. The van der Waals surface area contributed by atoms with E-state index in [9.17, 15) is 0 Å². The fourth-order valence-electron chi connectivity index (χ4n) is 10.5. The SMILES string of the molecule is c1ccc(-c2ccc(N(c3ccc(-c4ccc(N(c5ccc6ccccc6c5)c5cccc6ccccc56)c5ccccc45)cc3)c3ccc4c(c3)c3ccccc3n4-c3ccccc3)cc2)cc1. The van der Waals surface area contributed by atoms with Crippen LogP contribution in [0.15, 0.2) is 273 Å². The molecule has 69 heavy (non-hydrogen) atoms. The third kappa shape index (κ3) is 7.08. The summed E-state index contributed by atoms with van der Waals surface area (Å²) in [6, 6.07) is 99.2. The molecule has 0 N–H and O–H groups in total. The summed E-state index contributed by atoms with van der Waals surface area (Å²) in [4.78, 5) is 4.83. The van der Waals surface area contributed by atoms with Crippen molar-refractivity contribution in [3.05, 3.63) is 273 Å². The van der Waals surface area contributed by atoms with E-state index in [4.69, 9.17) is 0 Å². The van der Waals surface area contributed by atoms with Crippen LogP contribution < -0.4 is 9.80 Å². The first-order valence-electron chi connectivity index (χ1n) is 23.7. The number of nitrogens with zero attached hydrogens (tertiary/aromatic N) is 3. The number of aromatic nitrogens is 1. The smallest absolute Gasteiger partial charge is 0.0542 e. The highest BCUT2D eigenvalue weighted by Crippen LogP contribution is 2.46. The Balaban J connectivity index is 0.940. The summed E-state index contributed by atoms with van der Waals surface area (Å²) in [5.74, 6) is 0. The van der Waals surface area contributed by atoms with Crippen LogP contribution in [0.1, 0.15) is 0 Å². The van der Waals surface area contributed by atoms with Gasteiger partial charge in [0, 0.05) is 50.0 Å². The molecular weight excluding hydrogens is 835 g/mol. The Morgan fingerprint density at radius 1 is 0.246 bits per heavy atom. The Morgan fingerprint density at radius 2 is 0.768 bits per heavy atom. The minimum absolute atomic E-state index is 1.08. The summed E-state index contributed by atoms with van der Waals surface area (Å²) < 4.78 is 2.38. The maximum absolute atomic E-state index is 2.44. The summed E-state index contributed by atoms with van der Waals surface area (Å²) in [5.41, 5.74) is 14.9. The van der Waals surface area contributed by atoms with Crippen LogP contribution >= 0.6 is 0 Å².